The summed E-state index contributed by atoms with van der Waals surface area (Å²) in [6, 6.07) is 7.28. The maximum Gasteiger partial charge on any atom is 0.160 e. The topological polar surface area (TPSA) is 60.2 Å². The minimum Gasteiger partial charge on any atom is -0.325 e. The molecule has 0 spiro atoms. The second-order valence-electron chi connectivity index (χ2n) is 3.82. The molecule has 76 valence electrons. The van der Waals surface area contributed by atoms with Crippen LogP contribution in [0.3, 0.4) is 0 Å². The Labute approximate surface area is 83.9 Å². The fourth-order valence-electron chi connectivity index (χ4n) is 1.81. The van der Waals surface area contributed by atoms with E-state index in [1.54, 1.807) is 0 Å². The second kappa shape index (κ2) is 3.07. The van der Waals surface area contributed by atoms with Gasteiger partial charge >= 0.3 is 0 Å². The third kappa shape index (κ3) is 1.44. The van der Waals surface area contributed by atoms with Crippen molar-refractivity contribution in [1.29, 1.82) is 0 Å². The van der Waals surface area contributed by atoms with Crippen molar-refractivity contribution in [2.45, 2.75) is 18.2 Å². The predicted molar refractivity (Wildman–Crippen MR) is 55.7 cm³/mol. The summed E-state index contributed by atoms with van der Waals surface area (Å²) in [5.74, 6) is 0.117. The van der Waals surface area contributed by atoms with E-state index in [1.807, 2.05) is 31.2 Å². The fourth-order valence-corrected chi connectivity index (χ4v) is 3.59. The molecular weight excluding hydrogens is 198 g/mol. The minimum absolute atomic E-state index is 0.117. The maximum atomic E-state index is 11.4. The summed E-state index contributed by atoms with van der Waals surface area (Å²) in [4.78, 5) is 0. The molecule has 14 heavy (non-hydrogen) atoms. The molecule has 0 saturated carbocycles. The lowest BCUT2D eigenvalue weighted by molar-refractivity contribution is 0.523. The summed E-state index contributed by atoms with van der Waals surface area (Å²) in [6.45, 7) is 1.97. The largest absolute Gasteiger partial charge is 0.325 e. The van der Waals surface area contributed by atoms with Gasteiger partial charge < -0.3 is 5.73 Å². The smallest absolute Gasteiger partial charge is 0.160 e. The number of rotatable bonds is 1. The van der Waals surface area contributed by atoms with Crippen molar-refractivity contribution < 1.29 is 8.42 Å². The Hall–Kier alpha value is -0.870. The predicted octanol–water partition coefficient (Wildman–Crippen LogP) is 0.792. The Bertz CT molecular complexity index is 436. The van der Waals surface area contributed by atoms with Gasteiger partial charge in [-0.05, 0) is 12.5 Å². The van der Waals surface area contributed by atoms with Gasteiger partial charge in [0.15, 0.2) is 9.84 Å². The zero-order chi connectivity index (χ0) is 10.3. The van der Waals surface area contributed by atoms with Crippen LogP contribution in [-0.2, 0) is 9.84 Å². The fraction of sp³-hybridized carbons (Fsp3) is 0.400. The van der Waals surface area contributed by atoms with Gasteiger partial charge in [0.1, 0.15) is 5.25 Å². The van der Waals surface area contributed by atoms with Crippen molar-refractivity contribution in [2.75, 3.05) is 5.75 Å². The molecule has 0 radical (unpaired) electrons. The van der Waals surface area contributed by atoms with Gasteiger partial charge in [0, 0.05) is 6.04 Å². The number of hydrogen-bond acceptors (Lipinski definition) is 3. The van der Waals surface area contributed by atoms with E-state index < -0.39 is 15.1 Å². The lowest BCUT2D eigenvalue weighted by Crippen LogP contribution is -2.50. The molecule has 3 nitrogen and oxygen atoms in total. The van der Waals surface area contributed by atoms with E-state index in [2.05, 4.69) is 0 Å². The lowest BCUT2D eigenvalue weighted by atomic mass is 10.0. The van der Waals surface area contributed by atoms with E-state index in [0.717, 1.165) is 11.1 Å². The molecule has 0 bridgehead atoms. The molecule has 0 aromatic heterocycles. The molecule has 2 unspecified atom stereocenters. The first-order valence-electron chi connectivity index (χ1n) is 4.54. The van der Waals surface area contributed by atoms with E-state index in [9.17, 15) is 8.42 Å². The zero-order valence-electron chi connectivity index (χ0n) is 7.97. The first-order valence-corrected chi connectivity index (χ1v) is 6.26. The molecule has 1 aromatic rings. The van der Waals surface area contributed by atoms with Crippen molar-refractivity contribution in [3.63, 3.8) is 0 Å². The number of sulfone groups is 1. The summed E-state index contributed by atoms with van der Waals surface area (Å²) in [5.41, 5.74) is 7.63. The summed E-state index contributed by atoms with van der Waals surface area (Å²) in [6.07, 6.45) is 0. The van der Waals surface area contributed by atoms with Crippen molar-refractivity contribution in [3.8, 4) is 0 Å². The number of nitrogens with two attached hydrogens (primary N) is 1. The monoisotopic (exact) mass is 211 g/mol. The third-order valence-corrected chi connectivity index (χ3v) is 4.85. The summed E-state index contributed by atoms with van der Waals surface area (Å²) < 4.78 is 22.9. The lowest BCUT2D eigenvalue weighted by Gasteiger charge is -2.33. The quantitative estimate of drug-likeness (QED) is 0.747. The van der Waals surface area contributed by atoms with Crippen LogP contribution in [0.4, 0.5) is 0 Å². The van der Waals surface area contributed by atoms with Crippen LogP contribution in [0.5, 0.6) is 0 Å². The Balaban J connectivity index is 2.36. The van der Waals surface area contributed by atoms with Crippen LogP contribution in [-0.4, -0.2) is 20.2 Å². The van der Waals surface area contributed by atoms with Crippen LogP contribution in [0, 0.1) is 6.92 Å². The first-order chi connectivity index (χ1) is 6.50. The first kappa shape index (κ1) is 9.68. The molecule has 1 saturated heterocycles. The highest BCUT2D eigenvalue weighted by molar-refractivity contribution is 7.93. The molecule has 2 rings (SSSR count). The van der Waals surface area contributed by atoms with Gasteiger partial charge in [-0.2, -0.15) is 0 Å². The van der Waals surface area contributed by atoms with E-state index in [1.165, 1.54) is 0 Å². The van der Waals surface area contributed by atoms with Gasteiger partial charge in [0.05, 0.1) is 5.75 Å². The highest BCUT2D eigenvalue weighted by Crippen LogP contribution is 2.35. The second-order valence-corrected chi connectivity index (χ2v) is 5.99. The van der Waals surface area contributed by atoms with Crippen LogP contribution in [0.1, 0.15) is 16.4 Å². The average molecular weight is 211 g/mol. The molecule has 4 heteroatoms. The van der Waals surface area contributed by atoms with Crippen LogP contribution >= 0.6 is 0 Å². The molecule has 0 amide bonds. The number of benzene rings is 1. The maximum absolute atomic E-state index is 11.4. The Morgan fingerprint density at radius 1 is 1.29 bits per heavy atom. The number of hydrogen-bond donors (Lipinski definition) is 1. The molecule has 2 N–H and O–H groups in total. The third-order valence-electron chi connectivity index (χ3n) is 2.61. The van der Waals surface area contributed by atoms with Gasteiger partial charge in [-0.1, -0.05) is 29.8 Å². The molecule has 1 aliphatic rings. The normalized spacial score (nSPS) is 29.6. The van der Waals surface area contributed by atoms with E-state index >= 15 is 0 Å². The van der Waals surface area contributed by atoms with Gasteiger partial charge in [0.2, 0.25) is 0 Å². The van der Waals surface area contributed by atoms with Crippen molar-refractivity contribution in [3.05, 3.63) is 35.4 Å². The van der Waals surface area contributed by atoms with Crippen LogP contribution in [0.25, 0.3) is 0 Å². The van der Waals surface area contributed by atoms with Gasteiger partial charge in [-0.3, -0.25) is 0 Å². The van der Waals surface area contributed by atoms with Gasteiger partial charge in [-0.25, -0.2) is 8.42 Å². The molecule has 2 atom stereocenters. The van der Waals surface area contributed by atoms with Crippen molar-refractivity contribution in [2.24, 2.45) is 5.73 Å². The Morgan fingerprint density at radius 3 is 2.29 bits per heavy atom. The van der Waals surface area contributed by atoms with Gasteiger partial charge in [0.25, 0.3) is 0 Å². The van der Waals surface area contributed by atoms with Crippen molar-refractivity contribution in [1.82, 2.24) is 0 Å². The van der Waals surface area contributed by atoms with Crippen LogP contribution in [0.2, 0.25) is 0 Å². The highest BCUT2D eigenvalue weighted by atomic mass is 32.2. The van der Waals surface area contributed by atoms with Crippen LogP contribution in [0.15, 0.2) is 24.3 Å². The molecule has 0 aliphatic carbocycles. The van der Waals surface area contributed by atoms with Crippen LogP contribution < -0.4 is 5.73 Å². The minimum atomic E-state index is -2.96. The molecule has 1 aromatic carbocycles. The average Bonchev–Trinajstić information content (AvgIpc) is 2.07. The SMILES string of the molecule is Cc1ccc(C2C(N)CS2(=O)=O)cc1. The summed E-state index contributed by atoms with van der Waals surface area (Å²) in [7, 11) is -2.96. The van der Waals surface area contributed by atoms with Crippen molar-refractivity contribution >= 4 is 9.84 Å². The van der Waals surface area contributed by atoms with E-state index in [4.69, 9.17) is 5.73 Å². The van der Waals surface area contributed by atoms with E-state index in [0.29, 0.717) is 0 Å². The van der Waals surface area contributed by atoms with Gasteiger partial charge in [-0.15, -0.1) is 0 Å². The Kier molecular flexibility index (Phi) is 2.12. The highest BCUT2D eigenvalue weighted by Gasteiger charge is 2.44. The zero-order valence-corrected chi connectivity index (χ0v) is 8.79. The molecular formula is C10H13NO2S. The summed E-state index contributed by atoms with van der Waals surface area (Å²) >= 11 is 0. The Morgan fingerprint density at radius 2 is 1.86 bits per heavy atom. The standard InChI is InChI=1S/C10H13NO2S/c1-7-2-4-8(5-3-7)10-9(11)6-14(10,12)13/h2-5,9-10H,6,11H2,1H3. The molecule has 1 heterocycles. The summed E-state index contributed by atoms with van der Waals surface area (Å²) in [5, 5.41) is -0.483. The molecule has 1 aliphatic heterocycles. The number of aryl methyl sites for hydroxylation is 1. The van der Waals surface area contributed by atoms with E-state index in [-0.39, 0.29) is 11.8 Å². The molecule has 1 fully saturated rings.